The summed E-state index contributed by atoms with van der Waals surface area (Å²) in [5, 5.41) is 2.76. The summed E-state index contributed by atoms with van der Waals surface area (Å²) in [6.07, 6.45) is -1.71. The number of hydrogen-bond donors (Lipinski definition) is 1. The van der Waals surface area contributed by atoms with E-state index < -0.39 is 21.8 Å². The molecule has 2 aromatic rings. The molecule has 180 valence electrons. The molecule has 0 saturated carbocycles. The third-order valence-corrected chi connectivity index (χ3v) is 7.48. The quantitative estimate of drug-likeness (QED) is 0.639. The summed E-state index contributed by atoms with van der Waals surface area (Å²) < 4.78 is 65.4. The molecule has 0 spiro atoms. The average molecular weight is 484 g/mol. The van der Waals surface area contributed by atoms with Crippen molar-refractivity contribution in [2.75, 3.05) is 32.0 Å². The van der Waals surface area contributed by atoms with Crippen molar-refractivity contribution in [3.05, 3.63) is 59.2 Å². The molecule has 2 aromatic carbocycles. The predicted octanol–water partition coefficient (Wildman–Crippen LogP) is 4.26. The van der Waals surface area contributed by atoms with Crippen LogP contribution in [0, 0.1) is 6.92 Å². The number of piperidine rings is 1. The van der Waals surface area contributed by atoms with Gasteiger partial charge in [0, 0.05) is 25.3 Å². The number of carbonyl (C=O) groups is 1. The van der Waals surface area contributed by atoms with Crippen LogP contribution >= 0.6 is 0 Å². The standard InChI is InChI=1S/C23H28F3N3O3S/c1-17-6-11-20(33(31,32)29-12-4-3-5-13-29)14-21(17)27-22(30)16-28(2)15-18-7-9-19(10-8-18)23(24,25)26/h6-11,14H,3-5,12-13,15-16H2,1-2H3,(H,27,30). The Kier molecular flexibility index (Phi) is 7.81. The van der Waals surface area contributed by atoms with E-state index in [4.69, 9.17) is 0 Å². The van der Waals surface area contributed by atoms with Gasteiger partial charge < -0.3 is 5.32 Å². The first-order valence-corrected chi connectivity index (χ1v) is 12.2. The van der Waals surface area contributed by atoms with Crippen molar-refractivity contribution in [2.45, 2.75) is 43.8 Å². The lowest BCUT2D eigenvalue weighted by Gasteiger charge is -2.26. The van der Waals surface area contributed by atoms with E-state index in [2.05, 4.69) is 5.32 Å². The van der Waals surface area contributed by atoms with Gasteiger partial charge in [0.25, 0.3) is 0 Å². The highest BCUT2D eigenvalue weighted by Gasteiger charge is 2.30. The predicted molar refractivity (Wildman–Crippen MR) is 120 cm³/mol. The minimum absolute atomic E-state index is 0.0104. The summed E-state index contributed by atoms with van der Waals surface area (Å²) >= 11 is 0. The third-order valence-electron chi connectivity index (χ3n) is 5.58. The number of nitrogens with one attached hydrogen (secondary N) is 1. The number of aryl methyl sites for hydroxylation is 1. The number of nitrogens with zero attached hydrogens (tertiary/aromatic N) is 2. The van der Waals surface area contributed by atoms with Gasteiger partial charge in [0.2, 0.25) is 15.9 Å². The number of alkyl halides is 3. The molecule has 0 atom stereocenters. The second-order valence-electron chi connectivity index (χ2n) is 8.36. The van der Waals surface area contributed by atoms with Crippen LogP contribution in [-0.4, -0.2) is 50.2 Å². The van der Waals surface area contributed by atoms with Crippen molar-refractivity contribution in [2.24, 2.45) is 0 Å². The fraction of sp³-hybridized carbons (Fsp3) is 0.435. The molecule has 0 radical (unpaired) electrons. The van der Waals surface area contributed by atoms with Crippen LogP contribution in [0.15, 0.2) is 47.4 Å². The number of carbonyl (C=O) groups excluding carboxylic acids is 1. The summed E-state index contributed by atoms with van der Waals surface area (Å²) in [7, 11) is -1.94. The molecule has 0 aliphatic carbocycles. The average Bonchev–Trinajstić information content (AvgIpc) is 2.75. The Morgan fingerprint density at radius 2 is 1.70 bits per heavy atom. The molecule has 1 heterocycles. The normalized spacial score (nSPS) is 15.6. The monoisotopic (exact) mass is 483 g/mol. The van der Waals surface area contributed by atoms with Crippen molar-refractivity contribution in [1.29, 1.82) is 0 Å². The van der Waals surface area contributed by atoms with Crippen molar-refractivity contribution < 1.29 is 26.4 Å². The SMILES string of the molecule is Cc1ccc(S(=O)(=O)N2CCCCC2)cc1NC(=O)CN(C)Cc1ccc(C(F)(F)F)cc1. The Morgan fingerprint density at radius 1 is 1.06 bits per heavy atom. The lowest BCUT2D eigenvalue weighted by molar-refractivity contribution is -0.137. The number of benzene rings is 2. The van der Waals surface area contributed by atoms with Crippen LogP contribution in [0.2, 0.25) is 0 Å². The zero-order chi connectivity index (χ0) is 24.2. The van der Waals surface area contributed by atoms with Gasteiger partial charge in [0.1, 0.15) is 0 Å². The maximum atomic E-state index is 12.9. The minimum Gasteiger partial charge on any atom is -0.325 e. The Bertz CT molecular complexity index is 1080. The maximum Gasteiger partial charge on any atom is 0.416 e. The summed E-state index contributed by atoms with van der Waals surface area (Å²) in [5.74, 6) is -0.347. The molecule has 1 N–H and O–H groups in total. The largest absolute Gasteiger partial charge is 0.416 e. The van der Waals surface area contributed by atoms with Crippen LogP contribution in [0.1, 0.15) is 36.0 Å². The molecule has 1 aliphatic heterocycles. The molecule has 33 heavy (non-hydrogen) atoms. The van der Waals surface area contributed by atoms with Gasteiger partial charge in [0.15, 0.2) is 0 Å². The fourth-order valence-electron chi connectivity index (χ4n) is 3.75. The summed E-state index contributed by atoms with van der Waals surface area (Å²) in [5.41, 5.74) is 1.07. The topological polar surface area (TPSA) is 69.7 Å². The highest BCUT2D eigenvalue weighted by Crippen LogP contribution is 2.29. The van der Waals surface area contributed by atoms with E-state index in [9.17, 15) is 26.4 Å². The number of amides is 1. The second kappa shape index (κ2) is 10.2. The molecular weight excluding hydrogens is 455 g/mol. The number of rotatable bonds is 7. The van der Waals surface area contributed by atoms with Crippen LogP contribution in [0.5, 0.6) is 0 Å². The maximum absolute atomic E-state index is 12.9. The smallest absolute Gasteiger partial charge is 0.325 e. The molecule has 0 unspecified atom stereocenters. The van der Waals surface area contributed by atoms with Crippen LogP contribution in [0.25, 0.3) is 0 Å². The van der Waals surface area contributed by atoms with Crippen LogP contribution in [0.3, 0.4) is 0 Å². The van der Waals surface area contributed by atoms with Gasteiger partial charge in [-0.05, 0) is 62.2 Å². The van der Waals surface area contributed by atoms with E-state index in [0.717, 1.165) is 37.0 Å². The molecule has 6 nitrogen and oxygen atoms in total. The van der Waals surface area contributed by atoms with Gasteiger partial charge in [0.05, 0.1) is 17.0 Å². The number of anilines is 1. The number of halogens is 3. The molecule has 10 heteroatoms. The highest BCUT2D eigenvalue weighted by atomic mass is 32.2. The Labute approximate surface area is 192 Å². The van der Waals surface area contributed by atoms with Crippen molar-refractivity contribution >= 4 is 21.6 Å². The van der Waals surface area contributed by atoms with Gasteiger partial charge >= 0.3 is 6.18 Å². The first-order valence-electron chi connectivity index (χ1n) is 10.7. The molecule has 1 aliphatic rings. The van der Waals surface area contributed by atoms with Gasteiger partial charge in [-0.2, -0.15) is 17.5 Å². The second-order valence-corrected chi connectivity index (χ2v) is 10.3. The lowest BCUT2D eigenvalue weighted by atomic mass is 10.1. The van der Waals surface area contributed by atoms with Crippen LogP contribution in [0.4, 0.5) is 18.9 Å². The Morgan fingerprint density at radius 3 is 2.30 bits per heavy atom. The first-order chi connectivity index (χ1) is 15.5. The van der Waals surface area contributed by atoms with Crippen LogP contribution < -0.4 is 5.32 Å². The summed E-state index contributed by atoms with van der Waals surface area (Å²) in [6, 6.07) is 9.49. The van der Waals surface area contributed by atoms with Gasteiger partial charge in [-0.15, -0.1) is 0 Å². The van der Waals surface area contributed by atoms with E-state index in [-0.39, 0.29) is 23.9 Å². The van der Waals surface area contributed by atoms with Crippen LogP contribution in [-0.2, 0) is 27.5 Å². The summed E-state index contributed by atoms with van der Waals surface area (Å²) in [6.45, 7) is 3.04. The molecule has 0 bridgehead atoms. The zero-order valence-electron chi connectivity index (χ0n) is 18.7. The van der Waals surface area contributed by atoms with Gasteiger partial charge in [-0.3, -0.25) is 9.69 Å². The van der Waals surface area contributed by atoms with E-state index >= 15 is 0 Å². The summed E-state index contributed by atoms with van der Waals surface area (Å²) in [4.78, 5) is 14.4. The molecular formula is C23H28F3N3O3S. The number of hydrogen-bond acceptors (Lipinski definition) is 4. The van der Waals surface area contributed by atoms with Crippen molar-refractivity contribution in [3.63, 3.8) is 0 Å². The van der Waals surface area contributed by atoms with Gasteiger partial charge in [-0.25, -0.2) is 8.42 Å². The molecule has 3 rings (SSSR count). The minimum atomic E-state index is -4.39. The lowest BCUT2D eigenvalue weighted by Crippen LogP contribution is -2.35. The Hall–Kier alpha value is -2.43. The molecule has 1 amide bonds. The zero-order valence-corrected chi connectivity index (χ0v) is 19.5. The Balaban J connectivity index is 1.63. The first kappa shape index (κ1) is 25.2. The molecule has 1 saturated heterocycles. The molecule has 1 fully saturated rings. The van der Waals surface area contributed by atoms with Gasteiger partial charge in [-0.1, -0.05) is 24.6 Å². The van der Waals surface area contributed by atoms with Crippen molar-refractivity contribution in [1.82, 2.24) is 9.21 Å². The third kappa shape index (κ3) is 6.55. The number of likely N-dealkylation sites (N-methyl/N-ethyl adjacent to an activating group) is 1. The number of sulfonamides is 1. The van der Waals surface area contributed by atoms with E-state index in [0.29, 0.717) is 24.3 Å². The highest BCUT2D eigenvalue weighted by molar-refractivity contribution is 7.89. The van der Waals surface area contributed by atoms with E-state index in [1.807, 2.05) is 0 Å². The van der Waals surface area contributed by atoms with Crippen molar-refractivity contribution in [3.8, 4) is 0 Å². The fourth-order valence-corrected chi connectivity index (χ4v) is 5.30. The van der Waals surface area contributed by atoms with E-state index in [1.54, 1.807) is 31.0 Å². The van der Waals surface area contributed by atoms with E-state index in [1.165, 1.54) is 22.5 Å². The molecule has 0 aromatic heterocycles.